The van der Waals surface area contributed by atoms with E-state index < -0.39 is 0 Å². The molecule has 70 valence electrons. The predicted molar refractivity (Wildman–Crippen MR) is 53.1 cm³/mol. The lowest BCUT2D eigenvalue weighted by molar-refractivity contribution is -0.909. The van der Waals surface area contributed by atoms with Crippen molar-refractivity contribution in [3.63, 3.8) is 0 Å². The molecular formula is C12H12NO+. The molecule has 0 bridgehead atoms. The Morgan fingerprint density at radius 2 is 1.64 bits per heavy atom. The lowest BCUT2D eigenvalue weighted by Gasteiger charge is -1.97. The second-order valence-corrected chi connectivity index (χ2v) is 3.20. The highest BCUT2D eigenvalue weighted by Crippen LogP contribution is 2.04. The van der Waals surface area contributed by atoms with Crippen LogP contribution in [0.1, 0.15) is 11.3 Å². The van der Waals surface area contributed by atoms with Gasteiger partial charge in [-0.3, -0.25) is 5.21 Å². The van der Waals surface area contributed by atoms with Crippen LogP contribution in [0.2, 0.25) is 0 Å². The first-order chi connectivity index (χ1) is 6.86. The summed E-state index contributed by atoms with van der Waals surface area (Å²) in [6.07, 6.45) is 2.39. The van der Waals surface area contributed by atoms with E-state index in [4.69, 9.17) is 0 Å². The van der Waals surface area contributed by atoms with E-state index in [-0.39, 0.29) is 0 Å². The van der Waals surface area contributed by atoms with Gasteiger partial charge in [0.25, 0.3) is 0 Å². The Balaban J connectivity index is 2.24. The van der Waals surface area contributed by atoms with Crippen molar-refractivity contribution in [2.45, 2.75) is 6.42 Å². The summed E-state index contributed by atoms with van der Waals surface area (Å²) in [7, 11) is 0. The van der Waals surface area contributed by atoms with Gasteiger partial charge in [-0.2, -0.15) is 0 Å². The van der Waals surface area contributed by atoms with Crippen LogP contribution in [-0.2, 0) is 6.42 Å². The molecule has 1 N–H and O–H groups in total. The van der Waals surface area contributed by atoms with Gasteiger partial charge in [-0.25, -0.2) is 0 Å². The van der Waals surface area contributed by atoms with Crippen molar-refractivity contribution in [3.05, 3.63) is 66.0 Å². The molecule has 0 fully saturated rings. The van der Waals surface area contributed by atoms with Crippen LogP contribution >= 0.6 is 0 Å². The van der Waals surface area contributed by atoms with Crippen LogP contribution in [0.25, 0.3) is 0 Å². The maximum atomic E-state index is 9.49. The monoisotopic (exact) mass is 186 g/mol. The Kier molecular flexibility index (Phi) is 2.45. The Bertz CT molecular complexity index is 412. The lowest BCUT2D eigenvalue weighted by atomic mass is 10.1. The summed E-state index contributed by atoms with van der Waals surface area (Å²) in [5.41, 5.74) is 2.08. The first-order valence-electron chi connectivity index (χ1n) is 4.59. The molecule has 0 atom stereocenters. The quantitative estimate of drug-likeness (QED) is 0.561. The Hall–Kier alpha value is -1.83. The van der Waals surface area contributed by atoms with Gasteiger partial charge in [-0.15, -0.1) is 0 Å². The fourth-order valence-electron chi connectivity index (χ4n) is 1.41. The van der Waals surface area contributed by atoms with E-state index in [0.29, 0.717) is 0 Å². The molecule has 0 radical (unpaired) electrons. The number of hydrogen-bond acceptors (Lipinski definition) is 1. The average molecular weight is 186 g/mol. The number of rotatable bonds is 2. The number of pyridine rings is 1. The molecule has 2 heteroatoms. The molecule has 0 amide bonds. The van der Waals surface area contributed by atoms with Crippen molar-refractivity contribution in [2.24, 2.45) is 0 Å². The van der Waals surface area contributed by atoms with Gasteiger partial charge in [0.05, 0.1) is 6.42 Å². The summed E-state index contributed by atoms with van der Waals surface area (Å²) in [4.78, 5) is 0. The van der Waals surface area contributed by atoms with E-state index in [2.05, 4.69) is 0 Å². The maximum Gasteiger partial charge on any atom is 0.238 e. The topological polar surface area (TPSA) is 24.1 Å². The molecule has 0 saturated heterocycles. The Morgan fingerprint density at radius 3 is 2.36 bits per heavy atom. The van der Waals surface area contributed by atoms with Gasteiger partial charge in [-0.05, 0) is 11.6 Å². The normalized spacial score (nSPS) is 10.0. The molecule has 0 aliphatic heterocycles. The van der Waals surface area contributed by atoms with E-state index in [1.807, 2.05) is 42.5 Å². The molecular weight excluding hydrogens is 174 g/mol. The molecule has 1 heterocycles. The van der Waals surface area contributed by atoms with Gasteiger partial charge >= 0.3 is 0 Å². The van der Waals surface area contributed by atoms with Crippen LogP contribution in [0.3, 0.4) is 0 Å². The molecule has 2 aromatic rings. The number of nitrogens with zero attached hydrogens (tertiary/aromatic N) is 1. The predicted octanol–water partition coefficient (Wildman–Crippen LogP) is 1.80. The van der Waals surface area contributed by atoms with Gasteiger partial charge in [0.1, 0.15) is 0 Å². The van der Waals surface area contributed by atoms with Crippen LogP contribution in [0.4, 0.5) is 0 Å². The van der Waals surface area contributed by atoms with Crippen LogP contribution in [0.15, 0.2) is 54.7 Å². The molecule has 2 nitrogen and oxygen atoms in total. The lowest BCUT2D eigenvalue weighted by Crippen LogP contribution is -2.34. The number of aromatic nitrogens is 1. The molecule has 0 spiro atoms. The fourth-order valence-corrected chi connectivity index (χ4v) is 1.41. The highest BCUT2D eigenvalue weighted by Gasteiger charge is 2.07. The average Bonchev–Trinajstić information content (AvgIpc) is 2.23. The van der Waals surface area contributed by atoms with Crippen molar-refractivity contribution in [3.8, 4) is 0 Å². The third kappa shape index (κ3) is 1.91. The first kappa shape index (κ1) is 8.75. The van der Waals surface area contributed by atoms with Crippen molar-refractivity contribution < 1.29 is 9.94 Å². The van der Waals surface area contributed by atoms with Gasteiger partial charge in [0.15, 0.2) is 0 Å². The van der Waals surface area contributed by atoms with Crippen molar-refractivity contribution in [1.82, 2.24) is 0 Å². The first-order valence-corrected chi connectivity index (χ1v) is 4.59. The summed E-state index contributed by atoms with van der Waals surface area (Å²) in [6, 6.07) is 15.7. The van der Waals surface area contributed by atoms with Gasteiger partial charge in [0, 0.05) is 16.9 Å². The van der Waals surface area contributed by atoms with Crippen LogP contribution in [0, 0.1) is 0 Å². The third-order valence-electron chi connectivity index (χ3n) is 2.15. The molecule has 2 rings (SSSR count). The zero-order chi connectivity index (χ0) is 9.80. The summed E-state index contributed by atoms with van der Waals surface area (Å²) < 4.78 is 1.16. The van der Waals surface area contributed by atoms with Crippen molar-refractivity contribution >= 4 is 0 Å². The van der Waals surface area contributed by atoms with E-state index in [0.717, 1.165) is 16.8 Å². The largest absolute Gasteiger partial charge is 0.285 e. The summed E-state index contributed by atoms with van der Waals surface area (Å²) in [5, 5.41) is 9.49. The molecule has 0 aliphatic carbocycles. The SMILES string of the molecule is O[n+]1ccccc1Cc1ccccc1. The Labute approximate surface area is 83.0 Å². The van der Waals surface area contributed by atoms with Crippen molar-refractivity contribution in [2.75, 3.05) is 0 Å². The summed E-state index contributed by atoms with van der Waals surface area (Å²) in [5.74, 6) is 0. The standard InChI is InChI=1S/C12H12NO/c14-13-9-5-4-8-12(13)10-11-6-2-1-3-7-11/h1-9,14H,10H2/q+1. The zero-order valence-electron chi connectivity index (χ0n) is 7.80. The molecule has 1 aromatic carbocycles. The number of hydrogen-bond donors (Lipinski definition) is 1. The van der Waals surface area contributed by atoms with E-state index in [1.165, 1.54) is 5.56 Å². The zero-order valence-corrected chi connectivity index (χ0v) is 7.80. The molecule has 14 heavy (non-hydrogen) atoms. The Morgan fingerprint density at radius 1 is 0.929 bits per heavy atom. The second-order valence-electron chi connectivity index (χ2n) is 3.20. The van der Waals surface area contributed by atoms with Crippen LogP contribution < -0.4 is 4.73 Å². The second kappa shape index (κ2) is 3.92. The minimum absolute atomic E-state index is 0.748. The fraction of sp³-hybridized carbons (Fsp3) is 0.0833. The van der Waals surface area contributed by atoms with Crippen LogP contribution in [-0.4, -0.2) is 5.21 Å². The third-order valence-corrected chi connectivity index (χ3v) is 2.15. The minimum Gasteiger partial charge on any atom is -0.285 e. The van der Waals surface area contributed by atoms with E-state index in [9.17, 15) is 5.21 Å². The van der Waals surface area contributed by atoms with Gasteiger partial charge < -0.3 is 0 Å². The smallest absolute Gasteiger partial charge is 0.238 e. The summed E-state index contributed by atoms with van der Waals surface area (Å²) in [6.45, 7) is 0. The van der Waals surface area contributed by atoms with Crippen molar-refractivity contribution in [1.29, 1.82) is 0 Å². The van der Waals surface area contributed by atoms with E-state index in [1.54, 1.807) is 12.3 Å². The number of benzene rings is 1. The maximum absolute atomic E-state index is 9.49. The minimum atomic E-state index is 0.748. The molecule has 0 unspecified atom stereocenters. The van der Waals surface area contributed by atoms with E-state index >= 15 is 0 Å². The van der Waals surface area contributed by atoms with Crippen LogP contribution in [0.5, 0.6) is 0 Å². The highest BCUT2D eigenvalue weighted by atomic mass is 16.5. The molecule has 1 aromatic heterocycles. The van der Waals surface area contributed by atoms with Gasteiger partial charge in [0.2, 0.25) is 11.9 Å². The van der Waals surface area contributed by atoms with Gasteiger partial charge in [-0.1, -0.05) is 30.3 Å². The molecule has 0 aliphatic rings. The summed E-state index contributed by atoms with van der Waals surface area (Å²) >= 11 is 0. The highest BCUT2D eigenvalue weighted by molar-refractivity contribution is 5.19. The molecule has 0 saturated carbocycles.